The van der Waals surface area contributed by atoms with Crippen molar-refractivity contribution >= 4 is 23.1 Å². The van der Waals surface area contributed by atoms with Crippen LogP contribution in [0.4, 0.5) is 11.4 Å². The van der Waals surface area contributed by atoms with Crippen molar-refractivity contribution in [3.8, 4) is 0 Å². The van der Waals surface area contributed by atoms with Gasteiger partial charge >= 0.3 is 0 Å². The number of likely N-dealkylation sites (N-methyl/N-ethyl adjacent to an activating group) is 1. The number of pyridine rings is 1. The zero-order chi connectivity index (χ0) is 16.2. The molecule has 7 heteroatoms. The van der Waals surface area contributed by atoms with Gasteiger partial charge in [-0.2, -0.15) is 0 Å². The fraction of sp³-hybridized carbons (Fsp3) is 0.312. The van der Waals surface area contributed by atoms with Crippen LogP contribution in [-0.2, 0) is 0 Å². The standard InChI is InChI=1S/C16H18N4O2S/c1-18-8-10-19(11-9-18)13-5-6-14(20(21)22)15(12-13)23-16-4-2-3-7-17-16/h2-7,12H,8-11H2,1H3/p+1. The third-order valence-corrected chi connectivity index (χ3v) is 4.97. The van der Waals surface area contributed by atoms with E-state index in [1.807, 2.05) is 30.3 Å². The number of nitro groups is 1. The average molecular weight is 331 g/mol. The van der Waals surface area contributed by atoms with Gasteiger partial charge in [0, 0.05) is 18.0 Å². The van der Waals surface area contributed by atoms with E-state index in [0.29, 0.717) is 4.90 Å². The molecule has 1 aromatic carbocycles. The van der Waals surface area contributed by atoms with Crippen molar-refractivity contribution in [3.05, 3.63) is 52.7 Å². The van der Waals surface area contributed by atoms with E-state index in [9.17, 15) is 10.1 Å². The van der Waals surface area contributed by atoms with Crippen LogP contribution in [0.3, 0.4) is 0 Å². The Kier molecular flexibility index (Phi) is 4.78. The number of aromatic nitrogens is 1. The van der Waals surface area contributed by atoms with Gasteiger partial charge in [-0.1, -0.05) is 17.8 Å². The minimum absolute atomic E-state index is 0.129. The summed E-state index contributed by atoms with van der Waals surface area (Å²) in [5, 5.41) is 12.1. The Bertz CT molecular complexity index is 688. The fourth-order valence-corrected chi connectivity index (χ4v) is 3.51. The Morgan fingerprint density at radius 3 is 2.70 bits per heavy atom. The largest absolute Gasteiger partial charge is 0.360 e. The Balaban J connectivity index is 1.89. The molecule has 2 heterocycles. The van der Waals surface area contributed by atoms with Gasteiger partial charge in [-0.25, -0.2) is 4.98 Å². The molecule has 23 heavy (non-hydrogen) atoms. The zero-order valence-corrected chi connectivity index (χ0v) is 13.8. The summed E-state index contributed by atoms with van der Waals surface area (Å²) in [7, 11) is 2.19. The van der Waals surface area contributed by atoms with Crippen molar-refractivity contribution in [1.29, 1.82) is 0 Å². The molecule has 0 amide bonds. The normalized spacial score (nSPS) is 15.6. The first-order chi connectivity index (χ1) is 11.1. The first kappa shape index (κ1) is 15.8. The maximum Gasteiger partial charge on any atom is 0.283 e. The molecule has 1 aliphatic rings. The number of hydrogen-bond acceptors (Lipinski definition) is 5. The minimum atomic E-state index is -0.330. The van der Waals surface area contributed by atoms with Gasteiger partial charge in [-0.15, -0.1) is 0 Å². The number of rotatable bonds is 4. The number of quaternary nitrogens is 1. The summed E-state index contributed by atoms with van der Waals surface area (Å²) in [6.07, 6.45) is 1.70. The highest BCUT2D eigenvalue weighted by Gasteiger charge is 2.21. The van der Waals surface area contributed by atoms with Crippen LogP contribution in [0.5, 0.6) is 0 Å². The predicted octanol–water partition coefficient (Wildman–Crippen LogP) is 1.48. The average Bonchev–Trinajstić information content (AvgIpc) is 2.56. The summed E-state index contributed by atoms with van der Waals surface area (Å²) in [6.45, 7) is 4.11. The summed E-state index contributed by atoms with van der Waals surface area (Å²) in [5.74, 6) is 0. The second kappa shape index (κ2) is 6.97. The van der Waals surface area contributed by atoms with E-state index in [1.54, 1.807) is 12.3 Å². The molecular weight excluding hydrogens is 312 g/mol. The molecule has 120 valence electrons. The van der Waals surface area contributed by atoms with Crippen molar-refractivity contribution in [2.45, 2.75) is 9.92 Å². The van der Waals surface area contributed by atoms with Crippen LogP contribution in [0.2, 0.25) is 0 Å². The van der Waals surface area contributed by atoms with Crippen LogP contribution in [0.25, 0.3) is 0 Å². The lowest BCUT2D eigenvalue weighted by Crippen LogP contribution is -3.12. The fourth-order valence-electron chi connectivity index (χ4n) is 2.60. The molecule has 0 saturated carbocycles. The van der Waals surface area contributed by atoms with Crippen LogP contribution in [0.1, 0.15) is 0 Å². The van der Waals surface area contributed by atoms with Crippen LogP contribution >= 0.6 is 11.8 Å². The van der Waals surface area contributed by atoms with Gasteiger partial charge in [0.25, 0.3) is 5.69 Å². The maximum atomic E-state index is 11.3. The van der Waals surface area contributed by atoms with Crippen LogP contribution in [-0.4, -0.2) is 43.1 Å². The molecule has 0 atom stereocenters. The Morgan fingerprint density at radius 1 is 1.26 bits per heavy atom. The third kappa shape index (κ3) is 3.80. The summed E-state index contributed by atoms with van der Waals surface area (Å²) in [6, 6.07) is 10.9. The van der Waals surface area contributed by atoms with Crippen molar-refractivity contribution in [3.63, 3.8) is 0 Å². The van der Waals surface area contributed by atoms with Gasteiger partial charge in [-0.3, -0.25) is 10.1 Å². The van der Waals surface area contributed by atoms with Gasteiger partial charge in [0.15, 0.2) is 0 Å². The van der Waals surface area contributed by atoms with Crippen LogP contribution < -0.4 is 9.80 Å². The van der Waals surface area contributed by atoms with Crippen molar-refractivity contribution in [2.24, 2.45) is 0 Å². The molecule has 0 radical (unpaired) electrons. The molecule has 1 fully saturated rings. The number of nitro benzene ring substituents is 1. The quantitative estimate of drug-likeness (QED) is 0.679. The molecular formula is C16H19N4O2S+. The Labute approximate surface area is 139 Å². The molecule has 1 aromatic heterocycles. The topological polar surface area (TPSA) is 63.7 Å². The first-order valence-electron chi connectivity index (χ1n) is 7.57. The van der Waals surface area contributed by atoms with Gasteiger partial charge in [0.1, 0.15) is 5.03 Å². The molecule has 0 aliphatic carbocycles. The lowest BCUT2D eigenvalue weighted by molar-refractivity contribution is -0.880. The summed E-state index contributed by atoms with van der Waals surface area (Å²) < 4.78 is 0. The summed E-state index contributed by atoms with van der Waals surface area (Å²) in [5.41, 5.74) is 1.17. The molecule has 0 unspecified atom stereocenters. The summed E-state index contributed by atoms with van der Waals surface area (Å²) >= 11 is 1.34. The molecule has 1 aliphatic heterocycles. The zero-order valence-electron chi connectivity index (χ0n) is 12.9. The van der Waals surface area contributed by atoms with E-state index in [0.717, 1.165) is 36.9 Å². The monoisotopic (exact) mass is 331 g/mol. The highest BCUT2D eigenvalue weighted by molar-refractivity contribution is 7.99. The van der Waals surface area contributed by atoms with Gasteiger partial charge in [0.05, 0.1) is 43.0 Å². The number of nitrogens with one attached hydrogen (secondary N) is 1. The number of hydrogen-bond donors (Lipinski definition) is 1. The molecule has 1 N–H and O–H groups in total. The van der Waals surface area contributed by atoms with Crippen LogP contribution in [0, 0.1) is 10.1 Å². The second-order valence-electron chi connectivity index (χ2n) is 5.62. The van der Waals surface area contributed by atoms with Crippen molar-refractivity contribution < 1.29 is 9.82 Å². The molecule has 0 spiro atoms. The molecule has 0 bridgehead atoms. The Morgan fingerprint density at radius 2 is 2.04 bits per heavy atom. The second-order valence-corrected chi connectivity index (χ2v) is 6.69. The van der Waals surface area contributed by atoms with E-state index in [4.69, 9.17) is 0 Å². The minimum Gasteiger partial charge on any atom is -0.360 e. The van der Waals surface area contributed by atoms with Gasteiger partial charge in [-0.05, 0) is 24.3 Å². The lowest BCUT2D eigenvalue weighted by Gasteiger charge is -2.31. The van der Waals surface area contributed by atoms with Gasteiger partial charge < -0.3 is 9.80 Å². The van der Waals surface area contributed by atoms with Gasteiger partial charge in [0.2, 0.25) is 0 Å². The van der Waals surface area contributed by atoms with E-state index in [2.05, 4.69) is 16.9 Å². The number of piperazine rings is 1. The van der Waals surface area contributed by atoms with Crippen LogP contribution in [0.15, 0.2) is 52.5 Å². The molecule has 6 nitrogen and oxygen atoms in total. The highest BCUT2D eigenvalue weighted by Crippen LogP contribution is 2.36. The highest BCUT2D eigenvalue weighted by atomic mass is 32.2. The molecule has 1 saturated heterocycles. The number of nitrogens with zero attached hydrogens (tertiary/aromatic N) is 3. The Hall–Kier alpha value is -2.12. The van der Waals surface area contributed by atoms with Crippen molar-refractivity contribution in [2.75, 3.05) is 38.1 Å². The smallest absolute Gasteiger partial charge is 0.283 e. The first-order valence-corrected chi connectivity index (χ1v) is 8.39. The third-order valence-electron chi connectivity index (χ3n) is 3.97. The number of benzene rings is 1. The van der Waals surface area contributed by atoms with E-state index in [1.165, 1.54) is 16.7 Å². The number of anilines is 1. The summed E-state index contributed by atoms with van der Waals surface area (Å²) in [4.78, 5) is 19.7. The van der Waals surface area contributed by atoms with Crippen molar-refractivity contribution in [1.82, 2.24) is 4.98 Å². The van der Waals surface area contributed by atoms with E-state index < -0.39 is 0 Å². The lowest BCUT2D eigenvalue weighted by atomic mass is 10.2. The predicted molar refractivity (Wildman–Crippen MR) is 90.3 cm³/mol. The van der Waals surface area contributed by atoms with E-state index >= 15 is 0 Å². The SMILES string of the molecule is C[NH+]1CCN(c2ccc([N+](=O)[O-])c(Sc3ccccn3)c2)CC1. The van der Waals surface area contributed by atoms with E-state index in [-0.39, 0.29) is 10.6 Å². The maximum absolute atomic E-state index is 11.3. The molecule has 3 rings (SSSR count). The molecule has 2 aromatic rings.